The van der Waals surface area contributed by atoms with Crippen molar-refractivity contribution in [3.63, 3.8) is 0 Å². The number of hydrogen-bond donors (Lipinski definition) is 1. The molecule has 0 spiro atoms. The molecule has 1 N–H and O–H groups in total. The normalized spacial score (nSPS) is 11.2. The van der Waals surface area contributed by atoms with Crippen molar-refractivity contribution in [2.24, 2.45) is 7.05 Å². The molecule has 0 unspecified atom stereocenters. The van der Waals surface area contributed by atoms with Crippen molar-refractivity contribution in [2.75, 3.05) is 5.32 Å². The SMILES string of the molecule is CCc1ccc2nc(NC(=O)c3nn(C)c4ccc(C)cc4c3=O)sc2c1. The van der Waals surface area contributed by atoms with E-state index in [4.69, 9.17) is 0 Å². The van der Waals surface area contributed by atoms with E-state index in [1.165, 1.54) is 16.9 Å². The Kier molecular flexibility index (Phi) is 4.24. The number of nitrogens with one attached hydrogen (secondary N) is 1. The van der Waals surface area contributed by atoms with Gasteiger partial charge in [0.25, 0.3) is 5.91 Å². The zero-order chi connectivity index (χ0) is 19.1. The lowest BCUT2D eigenvalue weighted by molar-refractivity contribution is 0.101. The Bertz CT molecular complexity index is 1260. The van der Waals surface area contributed by atoms with E-state index < -0.39 is 5.91 Å². The molecule has 136 valence electrons. The number of aryl methyl sites for hydroxylation is 3. The number of amides is 1. The summed E-state index contributed by atoms with van der Waals surface area (Å²) in [7, 11) is 1.72. The summed E-state index contributed by atoms with van der Waals surface area (Å²) in [5.74, 6) is -0.547. The van der Waals surface area contributed by atoms with Crippen molar-refractivity contribution in [3.05, 3.63) is 63.4 Å². The van der Waals surface area contributed by atoms with Gasteiger partial charge in [0.1, 0.15) is 0 Å². The van der Waals surface area contributed by atoms with Crippen LogP contribution in [0.1, 0.15) is 28.5 Å². The molecular weight excluding hydrogens is 360 g/mol. The summed E-state index contributed by atoms with van der Waals surface area (Å²) in [6.45, 7) is 4.00. The quantitative estimate of drug-likeness (QED) is 0.590. The van der Waals surface area contributed by atoms with Gasteiger partial charge in [-0.25, -0.2) is 4.98 Å². The van der Waals surface area contributed by atoms with Gasteiger partial charge >= 0.3 is 0 Å². The summed E-state index contributed by atoms with van der Waals surface area (Å²) in [6, 6.07) is 11.6. The van der Waals surface area contributed by atoms with E-state index >= 15 is 0 Å². The van der Waals surface area contributed by atoms with E-state index in [1.807, 2.05) is 31.2 Å². The Labute approximate surface area is 159 Å². The maximum Gasteiger partial charge on any atom is 0.281 e. The van der Waals surface area contributed by atoms with Crippen LogP contribution in [-0.2, 0) is 13.5 Å². The zero-order valence-electron chi connectivity index (χ0n) is 15.2. The fourth-order valence-corrected chi connectivity index (χ4v) is 3.96. The molecule has 4 aromatic rings. The van der Waals surface area contributed by atoms with Crippen LogP contribution in [-0.4, -0.2) is 20.7 Å². The van der Waals surface area contributed by atoms with Gasteiger partial charge in [-0.2, -0.15) is 5.10 Å². The lowest BCUT2D eigenvalue weighted by Gasteiger charge is -2.08. The van der Waals surface area contributed by atoms with E-state index in [0.717, 1.165) is 22.2 Å². The average molecular weight is 378 g/mol. The van der Waals surface area contributed by atoms with Crippen molar-refractivity contribution in [2.45, 2.75) is 20.3 Å². The number of aromatic nitrogens is 3. The number of carbonyl (C=O) groups excluding carboxylic acids is 1. The molecule has 1 amide bonds. The lowest BCUT2D eigenvalue weighted by Crippen LogP contribution is -2.26. The Morgan fingerprint density at radius 1 is 1.22 bits per heavy atom. The number of fused-ring (bicyclic) bond motifs is 2. The van der Waals surface area contributed by atoms with Crippen LogP contribution in [0, 0.1) is 6.92 Å². The van der Waals surface area contributed by atoms with Crippen LogP contribution in [0.15, 0.2) is 41.2 Å². The molecule has 0 atom stereocenters. The molecule has 0 aliphatic rings. The highest BCUT2D eigenvalue weighted by atomic mass is 32.1. The summed E-state index contributed by atoms with van der Waals surface area (Å²) in [6.07, 6.45) is 0.937. The minimum absolute atomic E-state index is 0.135. The molecule has 0 saturated heterocycles. The Balaban J connectivity index is 1.73. The van der Waals surface area contributed by atoms with Crippen LogP contribution in [0.25, 0.3) is 21.1 Å². The summed E-state index contributed by atoms with van der Waals surface area (Å²) in [5, 5.41) is 7.84. The number of nitrogens with zero attached hydrogens (tertiary/aromatic N) is 3. The van der Waals surface area contributed by atoms with Gasteiger partial charge in [-0.05, 0) is 43.2 Å². The van der Waals surface area contributed by atoms with Gasteiger partial charge in [0.2, 0.25) is 5.43 Å². The van der Waals surface area contributed by atoms with E-state index in [9.17, 15) is 9.59 Å². The fourth-order valence-electron chi connectivity index (χ4n) is 3.04. The second-order valence-electron chi connectivity index (χ2n) is 6.45. The Hall–Kier alpha value is -3.06. The number of thiazole rings is 1. The number of hydrogen-bond acceptors (Lipinski definition) is 5. The summed E-state index contributed by atoms with van der Waals surface area (Å²) in [5.41, 5.74) is 3.17. The number of anilines is 1. The molecule has 0 aliphatic carbocycles. The second kappa shape index (κ2) is 6.59. The molecule has 0 saturated carbocycles. The van der Waals surface area contributed by atoms with Gasteiger partial charge in [-0.1, -0.05) is 36.0 Å². The summed E-state index contributed by atoms with van der Waals surface area (Å²) in [4.78, 5) is 29.9. The van der Waals surface area contributed by atoms with Crippen molar-refractivity contribution in [3.8, 4) is 0 Å². The first-order valence-corrected chi connectivity index (χ1v) is 9.46. The molecule has 0 aliphatic heterocycles. The van der Waals surface area contributed by atoms with Crippen LogP contribution in [0.4, 0.5) is 5.13 Å². The molecule has 4 rings (SSSR count). The number of carbonyl (C=O) groups is 1. The monoisotopic (exact) mass is 378 g/mol. The van der Waals surface area contributed by atoms with Crippen LogP contribution in [0.5, 0.6) is 0 Å². The minimum Gasteiger partial charge on any atom is -0.296 e. The maximum atomic E-state index is 12.8. The first kappa shape index (κ1) is 17.4. The largest absolute Gasteiger partial charge is 0.296 e. The Morgan fingerprint density at radius 2 is 2.04 bits per heavy atom. The first-order chi connectivity index (χ1) is 13.0. The van der Waals surface area contributed by atoms with E-state index in [1.54, 1.807) is 17.8 Å². The second-order valence-corrected chi connectivity index (χ2v) is 7.48. The molecule has 27 heavy (non-hydrogen) atoms. The third-order valence-electron chi connectivity index (χ3n) is 4.51. The van der Waals surface area contributed by atoms with Crippen LogP contribution in [0.2, 0.25) is 0 Å². The molecule has 2 aromatic carbocycles. The molecule has 2 aromatic heterocycles. The predicted octanol–water partition coefficient (Wildman–Crippen LogP) is 3.67. The molecule has 6 nitrogen and oxygen atoms in total. The van der Waals surface area contributed by atoms with E-state index in [0.29, 0.717) is 16.0 Å². The van der Waals surface area contributed by atoms with Crippen molar-refractivity contribution < 1.29 is 4.79 Å². The fraction of sp³-hybridized carbons (Fsp3) is 0.200. The van der Waals surface area contributed by atoms with Gasteiger partial charge < -0.3 is 0 Å². The number of rotatable bonds is 3. The molecular formula is C20H18N4O2S. The van der Waals surface area contributed by atoms with Crippen LogP contribution >= 0.6 is 11.3 Å². The van der Waals surface area contributed by atoms with Gasteiger partial charge in [0.05, 0.1) is 21.1 Å². The molecule has 2 heterocycles. The highest BCUT2D eigenvalue weighted by molar-refractivity contribution is 7.22. The maximum absolute atomic E-state index is 12.8. The summed E-state index contributed by atoms with van der Waals surface area (Å²) >= 11 is 1.39. The van der Waals surface area contributed by atoms with Crippen molar-refractivity contribution in [1.82, 2.24) is 14.8 Å². The zero-order valence-corrected chi connectivity index (χ0v) is 16.1. The first-order valence-electron chi connectivity index (χ1n) is 8.64. The third-order valence-corrected chi connectivity index (χ3v) is 5.44. The molecule has 7 heteroatoms. The van der Waals surface area contributed by atoms with Crippen LogP contribution in [0.3, 0.4) is 0 Å². The third kappa shape index (κ3) is 3.10. The topological polar surface area (TPSA) is 76.9 Å². The van der Waals surface area contributed by atoms with Gasteiger partial charge in [0, 0.05) is 7.05 Å². The van der Waals surface area contributed by atoms with E-state index in [-0.39, 0.29) is 11.1 Å². The molecule has 0 radical (unpaired) electrons. The highest BCUT2D eigenvalue weighted by Gasteiger charge is 2.18. The van der Waals surface area contributed by atoms with E-state index in [2.05, 4.69) is 28.4 Å². The highest BCUT2D eigenvalue weighted by Crippen LogP contribution is 2.27. The van der Waals surface area contributed by atoms with Crippen molar-refractivity contribution in [1.29, 1.82) is 0 Å². The average Bonchev–Trinajstić information content (AvgIpc) is 3.05. The molecule has 0 fully saturated rings. The summed E-state index contributed by atoms with van der Waals surface area (Å²) < 4.78 is 2.55. The number of benzene rings is 2. The van der Waals surface area contributed by atoms with Gasteiger partial charge in [-0.3, -0.25) is 19.6 Å². The smallest absolute Gasteiger partial charge is 0.281 e. The minimum atomic E-state index is -0.547. The van der Waals surface area contributed by atoms with Gasteiger partial charge in [-0.15, -0.1) is 0 Å². The van der Waals surface area contributed by atoms with Gasteiger partial charge in [0.15, 0.2) is 10.8 Å². The lowest BCUT2D eigenvalue weighted by atomic mass is 10.1. The predicted molar refractivity (Wildman–Crippen MR) is 109 cm³/mol. The van der Waals surface area contributed by atoms with Crippen LogP contribution < -0.4 is 10.7 Å². The Morgan fingerprint density at radius 3 is 2.81 bits per heavy atom. The van der Waals surface area contributed by atoms with Crippen molar-refractivity contribution >= 4 is 43.5 Å². The molecule has 0 bridgehead atoms. The standard InChI is InChI=1S/C20H18N4O2S/c1-4-12-6-7-14-16(10-12)27-20(21-14)22-19(26)17-18(25)13-9-11(2)5-8-15(13)24(3)23-17/h5-10H,4H2,1-3H3,(H,21,22,26).